The summed E-state index contributed by atoms with van der Waals surface area (Å²) in [7, 11) is 5.68. The minimum Gasteiger partial charge on any atom is -0.497 e. The van der Waals surface area contributed by atoms with Gasteiger partial charge in [-0.1, -0.05) is 18.6 Å². The number of likely N-dealkylation sites (N-methyl/N-ethyl adjacent to an activating group) is 1. The summed E-state index contributed by atoms with van der Waals surface area (Å²) < 4.78 is 5.28. The summed E-state index contributed by atoms with van der Waals surface area (Å²) in [4.78, 5) is 14.4. The first kappa shape index (κ1) is 16.8. The smallest absolute Gasteiger partial charge is 0.224 e. The lowest BCUT2D eigenvalue weighted by molar-refractivity contribution is -0.125. The number of nitrogens with one attached hydrogen (secondary N) is 1. The van der Waals surface area contributed by atoms with Gasteiger partial charge in [0.25, 0.3) is 0 Å². The molecule has 5 nitrogen and oxygen atoms in total. The van der Waals surface area contributed by atoms with E-state index in [2.05, 4.69) is 16.3 Å². The van der Waals surface area contributed by atoms with E-state index < -0.39 is 0 Å². The second-order valence-electron chi connectivity index (χ2n) is 6.20. The Balaban J connectivity index is 2.01. The topological polar surface area (TPSA) is 67.6 Å². The number of amides is 1. The van der Waals surface area contributed by atoms with Crippen molar-refractivity contribution >= 4 is 5.91 Å². The van der Waals surface area contributed by atoms with Crippen LogP contribution in [0.25, 0.3) is 0 Å². The number of nitrogens with two attached hydrogens (primary N) is 1. The number of rotatable bonds is 6. The number of benzene rings is 1. The third kappa shape index (κ3) is 3.99. The number of nitrogens with zero attached hydrogens (tertiary/aromatic N) is 1. The zero-order valence-electron chi connectivity index (χ0n) is 13.7. The molecule has 3 atom stereocenters. The summed E-state index contributed by atoms with van der Waals surface area (Å²) >= 11 is 0. The summed E-state index contributed by atoms with van der Waals surface area (Å²) in [6.45, 7) is 0.572. The van der Waals surface area contributed by atoms with Gasteiger partial charge in [0.2, 0.25) is 5.91 Å². The summed E-state index contributed by atoms with van der Waals surface area (Å²) in [5.74, 6) is 0.876. The van der Waals surface area contributed by atoms with Crippen LogP contribution in [0.5, 0.6) is 5.75 Å². The zero-order valence-corrected chi connectivity index (χ0v) is 13.7. The minimum absolute atomic E-state index is 0.00891. The Bertz CT molecular complexity index is 504. The third-order valence-electron chi connectivity index (χ3n) is 4.48. The summed E-state index contributed by atoms with van der Waals surface area (Å²) in [6, 6.07) is 8.08. The van der Waals surface area contributed by atoms with Gasteiger partial charge in [0.1, 0.15) is 5.75 Å². The highest BCUT2D eigenvalue weighted by molar-refractivity contribution is 5.79. The van der Waals surface area contributed by atoms with Crippen LogP contribution in [0.2, 0.25) is 0 Å². The maximum absolute atomic E-state index is 12.3. The summed E-state index contributed by atoms with van der Waals surface area (Å²) in [5, 5.41) is 3.07. The van der Waals surface area contributed by atoms with Gasteiger partial charge in [-0.15, -0.1) is 0 Å². The molecule has 1 aromatic carbocycles. The Kier molecular flexibility index (Phi) is 5.80. The Morgan fingerprint density at radius 3 is 2.82 bits per heavy atom. The van der Waals surface area contributed by atoms with Gasteiger partial charge in [-0.25, -0.2) is 0 Å². The molecule has 0 spiro atoms. The van der Waals surface area contributed by atoms with Crippen LogP contribution in [0.4, 0.5) is 0 Å². The van der Waals surface area contributed by atoms with Crippen LogP contribution in [0.1, 0.15) is 30.9 Å². The second kappa shape index (κ2) is 7.61. The molecule has 0 heterocycles. The molecule has 3 unspecified atom stereocenters. The molecule has 122 valence electrons. The fourth-order valence-electron chi connectivity index (χ4n) is 3.09. The van der Waals surface area contributed by atoms with E-state index in [0.717, 1.165) is 30.6 Å². The van der Waals surface area contributed by atoms with Gasteiger partial charge in [-0.05, 0) is 44.6 Å². The maximum Gasteiger partial charge on any atom is 0.224 e. The molecule has 1 aliphatic carbocycles. The normalized spacial score (nSPS) is 22.6. The highest BCUT2D eigenvalue weighted by Gasteiger charge is 2.30. The first-order valence-electron chi connectivity index (χ1n) is 7.86. The van der Waals surface area contributed by atoms with Gasteiger partial charge < -0.3 is 20.7 Å². The quantitative estimate of drug-likeness (QED) is 0.836. The lowest BCUT2D eigenvalue weighted by Crippen LogP contribution is -2.42. The van der Waals surface area contributed by atoms with E-state index in [1.54, 1.807) is 7.11 Å². The van der Waals surface area contributed by atoms with Crippen LogP contribution in [-0.4, -0.2) is 44.6 Å². The van der Waals surface area contributed by atoms with E-state index in [9.17, 15) is 4.79 Å². The monoisotopic (exact) mass is 305 g/mol. The number of methoxy groups -OCH3 is 1. The maximum atomic E-state index is 12.3. The fraction of sp³-hybridized carbons (Fsp3) is 0.588. The van der Waals surface area contributed by atoms with E-state index in [0.29, 0.717) is 6.54 Å². The molecule has 0 radical (unpaired) electrons. The molecule has 1 aliphatic rings. The summed E-state index contributed by atoms with van der Waals surface area (Å²) in [5.41, 5.74) is 7.13. The van der Waals surface area contributed by atoms with E-state index in [1.807, 2.05) is 32.3 Å². The number of hydrogen-bond donors (Lipinski definition) is 2. The predicted octanol–water partition coefficient (Wildman–Crippen LogP) is 1.54. The molecular formula is C17H27N3O2. The fourth-order valence-corrected chi connectivity index (χ4v) is 3.09. The van der Waals surface area contributed by atoms with Crippen molar-refractivity contribution in [1.82, 2.24) is 10.2 Å². The van der Waals surface area contributed by atoms with Gasteiger partial charge in [0.05, 0.1) is 19.1 Å². The van der Waals surface area contributed by atoms with Crippen molar-refractivity contribution in [2.45, 2.75) is 31.3 Å². The molecule has 22 heavy (non-hydrogen) atoms. The van der Waals surface area contributed by atoms with Crippen LogP contribution >= 0.6 is 0 Å². The molecule has 2 rings (SSSR count). The number of ether oxygens (including phenoxy) is 1. The van der Waals surface area contributed by atoms with Gasteiger partial charge in [0, 0.05) is 12.6 Å². The Labute approximate surface area is 132 Å². The molecule has 0 aromatic heterocycles. The van der Waals surface area contributed by atoms with E-state index in [-0.39, 0.29) is 23.9 Å². The lowest BCUT2D eigenvalue weighted by atomic mass is 10.0. The van der Waals surface area contributed by atoms with E-state index in [4.69, 9.17) is 10.5 Å². The average Bonchev–Trinajstić information content (AvgIpc) is 2.93. The van der Waals surface area contributed by atoms with E-state index >= 15 is 0 Å². The molecule has 1 fully saturated rings. The molecule has 1 aromatic rings. The molecular weight excluding hydrogens is 278 g/mol. The molecule has 5 heteroatoms. The minimum atomic E-state index is -0.0341. The zero-order chi connectivity index (χ0) is 16.1. The molecule has 1 saturated carbocycles. The Hall–Kier alpha value is -1.59. The van der Waals surface area contributed by atoms with Crippen molar-refractivity contribution in [3.63, 3.8) is 0 Å². The van der Waals surface area contributed by atoms with Crippen molar-refractivity contribution in [3.05, 3.63) is 29.8 Å². The number of hydrogen-bond acceptors (Lipinski definition) is 4. The second-order valence-corrected chi connectivity index (χ2v) is 6.20. The van der Waals surface area contributed by atoms with Gasteiger partial charge >= 0.3 is 0 Å². The largest absolute Gasteiger partial charge is 0.497 e. The van der Waals surface area contributed by atoms with Crippen LogP contribution in [0, 0.1) is 5.92 Å². The third-order valence-corrected chi connectivity index (χ3v) is 4.48. The number of carbonyl (C=O) groups excluding carboxylic acids is 1. The lowest BCUT2D eigenvalue weighted by Gasteiger charge is -2.26. The van der Waals surface area contributed by atoms with Crippen molar-refractivity contribution in [3.8, 4) is 5.75 Å². The van der Waals surface area contributed by atoms with Gasteiger partial charge in [-0.3, -0.25) is 4.79 Å². The summed E-state index contributed by atoms with van der Waals surface area (Å²) in [6.07, 6.45) is 2.90. The molecule has 0 aliphatic heterocycles. The number of carbonyl (C=O) groups is 1. The molecule has 1 amide bonds. The molecule has 0 bridgehead atoms. The first-order chi connectivity index (χ1) is 10.5. The van der Waals surface area contributed by atoms with Crippen LogP contribution < -0.4 is 15.8 Å². The average molecular weight is 305 g/mol. The van der Waals surface area contributed by atoms with Crippen molar-refractivity contribution in [2.24, 2.45) is 11.7 Å². The van der Waals surface area contributed by atoms with Gasteiger partial charge in [-0.2, -0.15) is 0 Å². The Morgan fingerprint density at radius 1 is 1.45 bits per heavy atom. The Morgan fingerprint density at radius 2 is 2.23 bits per heavy atom. The van der Waals surface area contributed by atoms with Crippen molar-refractivity contribution < 1.29 is 9.53 Å². The van der Waals surface area contributed by atoms with Crippen molar-refractivity contribution in [2.75, 3.05) is 27.7 Å². The highest BCUT2D eigenvalue weighted by atomic mass is 16.5. The van der Waals surface area contributed by atoms with E-state index in [1.165, 1.54) is 0 Å². The molecule has 0 saturated heterocycles. The van der Waals surface area contributed by atoms with Crippen molar-refractivity contribution in [1.29, 1.82) is 0 Å². The SMILES string of the molecule is COc1cccc(C(CNC(=O)C2CCCC2N)N(C)C)c1. The molecule has 3 N–H and O–H groups in total. The first-order valence-corrected chi connectivity index (χ1v) is 7.86. The standard InChI is InChI=1S/C17H27N3O2/c1-20(2)16(12-6-4-7-13(10-12)22-3)11-19-17(21)14-8-5-9-15(14)18/h4,6-7,10,14-16H,5,8-9,11,18H2,1-3H3,(H,19,21). The van der Waals surface area contributed by atoms with Crippen LogP contribution in [0.3, 0.4) is 0 Å². The van der Waals surface area contributed by atoms with Crippen LogP contribution in [0.15, 0.2) is 24.3 Å². The highest BCUT2D eigenvalue weighted by Crippen LogP contribution is 2.25. The van der Waals surface area contributed by atoms with Gasteiger partial charge in [0.15, 0.2) is 0 Å². The predicted molar refractivity (Wildman–Crippen MR) is 87.7 cm³/mol. The van der Waals surface area contributed by atoms with Crippen LogP contribution in [-0.2, 0) is 4.79 Å².